The molecule has 18 heavy (non-hydrogen) atoms. The lowest BCUT2D eigenvalue weighted by Gasteiger charge is -2.34. The average Bonchev–Trinajstić information content (AvgIpc) is 2.29. The summed E-state index contributed by atoms with van der Waals surface area (Å²) in [6, 6.07) is 5.12. The van der Waals surface area contributed by atoms with Crippen LogP contribution < -0.4 is 4.90 Å². The van der Waals surface area contributed by atoms with Crippen LogP contribution in [0.2, 0.25) is 5.02 Å². The molecule has 0 amide bonds. The zero-order valence-corrected chi connectivity index (χ0v) is 11.7. The Balaban J connectivity index is 0.00000162. The van der Waals surface area contributed by atoms with Crippen molar-refractivity contribution in [3.05, 3.63) is 28.8 Å². The van der Waals surface area contributed by atoms with Gasteiger partial charge in [-0.3, -0.25) is 0 Å². The van der Waals surface area contributed by atoms with E-state index < -0.39 is 5.97 Å². The van der Waals surface area contributed by atoms with Crippen LogP contribution in [-0.2, 0) is 0 Å². The molecule has 0 atom stereocenters. The number of nitrogens with zero attached hydrogens (tertiary/aromatic N) is 2. The molecule has 0 saturated carbocycles. The minimum atomic E-state index is -0.986. The molecule has 1 saturated heterocycles. The van der Waals surface area contributed by atoms with Crippen molar-refractivity contribution in [2.45, 2.75) is 0 Å². The number of carbonyl (C=O) groups is 1. The molecule has 1 heterocycles. The van der Waals surface area contributed by atoms with Crippen molar-refractivity contribution in [3.8, 4) is 0 Å². The summed E-state index contributed by atoms with van der Waals surface area (Å²) >= 11 is 5.95. The van der Waals surface area contributed by atoms with Crippen LogP contribution in [0.15, 0.2) is 18.2 Å². The van der Waals surface area contributed by atoms with Crippen LogP contribution in [-0.4, -0.2) is 49.2 Å². The highest BCUT2D eigenvalue weighted by atomic mass is 35.5. The highest BCUT2D eigenvalue weighted by Crippen LogP contribution is 2.24. The minimum Gasteiger partial charge on any atom is -0.478 e. The lowest BCUT2D eigenvalue weighted by Crippen LogP contribution is -2.44. The Bertz CT molecular complexity index is 432. The number of carboxylic acid groups (broad SMARTS) is 1. The van der Waals surface area contributed by atoms with E-state index >= 15 is 0 Å². The Labute approximate surface area is 118 Å². The normalized spacial score (nSPS) is 16.2. The van der Waals surface area contributed by atoms with Gasteiger partial charge in [0.05, 0.1) is 10.6 Å². The number of aromatic carboxylic acids is 1. The number of piperazine rings is 1. The first kappa shape index (κ1) is 15.1. The molecular formula is C12H16Cl2N2O2. The summed E-state index contributed by atoms with van der Waals surface area (Å²) < 4.78 is 0. The number of halogens is 2. The molecule has 6 heteroatoms. The predicted molar refractivity (Wildman–Crippen MR) is 75.4 cm³/mol. The molecule has 0 aromatic heterocycles. The van der Waals surface area contributed by atoms with Gasteiger partial charge in [-0.1, -0.05) is 11.6 Å². The van der Waals surface area contributed by atoms with Crippen molar-refractivity contribution in [2.24, 2.45) is 0 Å². The Hall–Kier alpha value is -0.970. The Morgan fingerprint density at radius 1 is 1.28 bits per heavy atom. The van der Waals surface area contributed by atoms with Gasteiger partial charge in [0, 0.05) is 31.9 Å². The fourth-order valence-electron chi connectivity index (χ4n) is 1.94. The summed E-state index contributed by atoms with van der Waals surface area (Å²) in [5.74, 6) is -0.986. The third-order valence-electron chi connectivity index (χ3n) is 3.05. The third kappa shape index (κ3) is 3.28. The van der Waals surface area contributed by atoms with Crippen molar-refractivity contribution >= 4 is 35.7 Å². The summed E-state index contributed by atoms with van der Waals surface area (Å²) in [7, 11) is 2.10. The van der Waals surface area contributed by atoms with Crippen LogP contribution in [0, 0.1) is 0 Å². The molecule has 0 unspecified atom stereocenters. The van der Waals surface area contributed by atoms with Crippen LogP contribution >= 0.6 is 24.0 Å². The largest absolute Gasteiger partial charge is 0.478 e. The molecule has 1 fully saturated rings. The Kier molecular flexibility index (Phi) is 5.26. The molecule has 1 aromatic carbocycles. The van der Waals surface area contributed by atoms with E-state index in [4.69, 9.17) is 16.7 Å². The molecule has 1 aliphatic heterocycles. The van der Waals surface area contributed by atoms with Crippen LogP contribution in [0.1, 0.15) is 10.4 Å². The monoisotopic (exact) mass is 290 g/mol. The van der Waals surface area contributed by atoms with Crippen LogP contribution in [0.25, 0.3) is 0 Å². The van der Waals surface area contributed by atoms with E-state index in [0.717, 1.165) is 31.9 Å². The second-order valence-corrected chi connectivity index (χ2v) is 4.67. The van der Waals surface area contributed by atoms with Gasteiger partial charge in [0.15, 0.2) is 0 Å². The lowest BCUT2D eigenvalue weighted by molar-refractivity contribution is 0.0697. The smallest absolute Gasteiger partial charge is 0.337 e. The van der Waals surface area contributed by atoms with Gasteiger partial charge < -0.3 is 14.9 Å². The van der Waals surface area contributed by atoms with E-state index in [1.165, 1.54) is 0 Å². The number of benzene rings is 1. The van der Waals surface area contributed by atoms with E-state index in [2.05, 4.69) is 16.8 Å². The third-order valence-corrected chi connectivity index (χ3v) is 3.36. The van der Waals surface area contributed by atoms with Gasteiger partial charge >= 0.3 is 5.97 Å². The van der Waals surface area contributed by atoms with Crippen molar-refractivity contribution in [1.82, 2.24) is 4.90 Å². The second kappa shape index (κ2) is 6.27. The molecular weight excluding hydrogens is 275 g/mol. The summed E-state index contributed by atoms with van der Waals surface area (Å²) in [5, 5.41) is 9.20. The standard InChI is InChI=1S/C12H15ClN2O2.ClH/c1-14-4-6-15(7-5-14)9-2-3-10(12(16)17)11(13)8-9;/h2-3,8H,4-7H2,1H3,(H,16,17);1H. The van der Waals surface area contributed by atoms with Gasteiger partial charge in [0.25, 0.3) is 0 Å². The van der Waals surface area contributed by atoms with Gasteiger partial charge in [-0.25, -0.2) is 4.79 Å². The molecule has 0 aliphatic carbocycles. The molecule has 100 valence electrons. The van der Waals surface area contributed by atoms with E-state index in [1.54, 1.807) is 12.1 Å². The van der Waals surface area contributed by atoms with Gasteiger partial charge in [0.2, 0.25) is 0 Å². The van der Waals surface area contributed by atoms with Crippen LogP contribution in [0.4, 0.5) is 5.69 Å². The van der Waals surface area contributed by atoms with E-state index in [9.17, 15) is 4.79 Å². The Morgan fingerprint density at radius 2 is 1.89 bits per heavy atom. The fraction of sp³-hybridized carbons (Fsp3) is 0.417. The summed E-state index contributed by atoms with van der Waals surface area (Å²) in [6.07, 6.45) is 0. The molecule has 2 rings (SSSR count). The maximum atomic E-state index is 10.8. The first-order chi connectivity index (χ1) is 8.08. The highest BCUT2D eigenvalue weighted by molar-refractivity contribution is 6.33. The number of rotatable bonds is 2. The summed E-state index contributed by atoms with van der Waals surface area (Å²) in [5.41, 5.74) is 1.15. The molecule has 0 radical (unpaired) electrons. The van der Waals surface area contributed by atoms with Crippen molar-refractivity contribution in [1.29, 1.82) is 0 Å². The summed E-state index contributed by atoms with van der Waals surface area (Å²) in [4.78, 5) is 15.3. The van der Waals surface area contributed by atoms with Crippen molar-refractivity contribution < 1.29 is 9.90 Å². The highest BCUT2D eigenvalue weighted by Gasteiger charge is 2.16. The molecule has 1 N–H and O–H groups in total. The lowest BCUT2D eigenvalue weighted by atomic mass is 10.2. The molecule has 0 spiro atoms. The van der Waals surface area contributed by atoms with Gasteiger partial charge in [-0.15, -0.1) is 12.4 Å². The number of anilines is 1. The second-order valence-electron chi connectivity index (χ2n) is 4.26. The molecule has 1 aromatic rings. The topological polar surface area (TPSA) is 43.8 Å². The van der Waals surface area contributed by atoms with Gasteiger partial charge in [0.1, 0.15) is 0 Å². The number of hydrogen-bond donors (Lipinski definition) is 1. The van der Waals surface area contributed by atoms with E-state index in [-0.39, 0.29) is 18.0 Å². The number of likely N-dealkylation sites (N-methyl/N-ethyl adjacent to an activating group) is 1. The van der Waals surface area contributed by atoms with Crippen molar-refractivity contribution in [2.75, 3.05) is 38.1 Å². The number of carboxylic acids is 1. The van der Waals surface area contributed by atoms with Gasteiger partial charge in [-0.2, -0.15) is 0 Å². The zero-order chi connectivity index (χ0) is 12.4. The maximum Gasteiger partial charge on any atom is 0.337 e. The van der Waals surface area contributed by atoms with E-state index in [1.807, 2.05) is 6.07 Å². The van der Waals surface area contributed by atoms with E-state index in [0.29, 0.717) is 5.02 Å². The SMILES string of the molecule is CN1CCN(c2ccc(C(=O)O)c(Cl)c2)CC1.Cl. The average molecular weight is 291 g/mol. The van der Waals surface area contributed by atoms with Crippen LogP contribution in [0.3, 0.4) is 0 Å². The van der Waals surface area contributed by atoms with Gasteiger partial charge in [-0.05, 0) is 25.2 Å². The predicted octanol–water partition coefficient (Wildman–Crippen LogP) is 2.21. The number of hydrogen-bond acceptors (Lipinski definition) is 3. The maximum absolute atomic E-state index is 10.8. The first-order valence-corrected chi connectivity index (χ1v) is 5.92. The first-order valence-electron chi connectivity index (χ1n) is 5.54. The van der Waals surface area contributed by atoms with Crippen LogP contribution in [0.5, 0.6) is 0 Å². The fourth-order valence-corrected chi connectivity index (χ4v) is 2.19. The quantitative estimate of drug-likeness (QED) is 0.907. The summed E-state index contributed by atoms with van der Waals surface area (Å²) in [6.45, 7) is 3.91. The van der Waals surface area contributed by atoms with Crippen molar-refractivity contribution in [3.63, 3.8) is 0 Å². The zero-order valence-electron chi connectivity index (χ0n) is 10.1. The molecule has 1 aliphatic rings. The minimum absolute atomic E-state index is 0. The molecule has 4 nitrogen and oxygen atoms in total. The Morgan fingerprint density at radius 3 is 2.39 bits per heavy atom. The molecule has 0 bridgehead atoms.